The van der Waals surface area contributed by atoms with Crippen LogP contribution in [0.2, 0.25) is 0 Å². The van der Waals surface area contributed by atoms with Gasteiger partial charge in [0.1, 0.15) is 5.60 Å². The smallest absolute Gasteiger partial charge is 0.408 e. The third-order valence-electron chi connectivity index (χ3n) is 2.52. The minimum absolute atomic E-state index is 0.0851. The summed E-state index contributed by atoms with van der Waals surface area (Å²) in [7, 11) is 0. The van der Waals surface area contributed by atoms with Crippen molar-refractivity contribution >= 4 is 22.0 Å². The zero-order valence-corrected chi connectivity index (χ0v) is 10.2. The van der Waals surface area contributed by atoms with Crippen LogP contribution >= 0.6 is 15.9 Å². The molecule has 0 aromatic heterocycles. The Labute approximate surface area is 96.9 Å². The lowest BCUT2D eigenvalue weighted by Gasteiger charge is -2.23. The molecule has 1 aliphatic rings. The Morgan fingerprint density at radius 3 is 2.40 bits per heavy atom. The number of hydrogen-bond donors (Lipinski definition) is 1. The normalized spacial score (nSPS) is 23.4. The first-order valence-electron chi connectivity index (χ1n) is 4.74. The van der Waals surface area contributed by atoms with Gasteiger partial charge < -0.3 is 10.1 Å². The van der Waals surface area contributed by atoms with E-state index in [1.165, 1.54) is 0 Å². The summed E-state index contributed by atoms with van der Waals surface area (Å²) in [5.41, 5.74) is 0.555. The molecule has 15 heavy (non-hydrogen) atoms. The monoisotopic (exact) mass is 269 g/mol. The van der Waals surface area contributed by atoms with Gasteiger partial charge in [-0.05, 0) is 31.5 Å². The van der Waals surface area contributed by atoms with Gasteiger partial charge in [-0.15, -0.1) is 0 Å². The number of nitrogens with one attached hydrogen (secondary N) is 1. The molecule has 1 N–H and O–H groups in total. The molecule has 1 fully saturated rings. The first kappa shape index (κ1) is 10.5. The minimum atomic E-state index is -0.495. The maximum Gasteiger partial charge on any atom is 0.408 e. The Bertz CT molecular complexity index is 386. The molecule has 0 aliphatic carbocycles. The van der Waals surface area contributed by atoms with Gasteiger partial charge >= 0.3 is 6.09 Å². The highest BCUT2D eigenvalue weighted by molar-refractivity contribution is 9.10. The Hall–Kier alpha value is -1.03. The summed E-state index contributed by atoms with van der Waals surface area (Å²) in [4.78, 5) is 11.2. The number of rotatable bonds is 1. The van der Waals surface area contributed by atoms with Crippen molar-refractivity contribution in [3.63, 3.8) is 0 Å². The SMILES string of the molecule is CC1(C)OC(=O)NC1c1ccc(Br)cc1. The number of alkyl carbamates (subject to hydrolysis) is 1. The van der Waals surface area contributed by atoms with Crippen LogP contribution in [0.1, 0.15) is 25.5 Å². The summed E-state index contributed by atoms with van der Waals surface area (Å²) in [6.07, 6.45) is -0.354. The molecule has 0 saturated carbocycles. The molecular weight excluding hydrogens is 258 g/mol. The van der Waals surface area contributed by atoms with Crippen LogP contribution in [-0.4, -0.2) is 11.7 Å². The molecule has 2 rings (SSSR count). The van der Waals surface area contributed by atoms with Crippen LogP contribution in [0.25, 0.3) is 0 Å². The van der Waals surface area contributed by atoms with Crippen LogP contribution in [0.5, 0.6) is 0 Å². The second kappa shape index (κ2) is 3.52. The van der Waals surface area contributed by atoms with Crippen molar-refractivity contribution in [2.24, 2.45) is 0 Å². The van der Waals surface area contributed by atoms with Gasteiger partial charge in [0.05, 0.1) is 6.04 Å². The van der Waals surface area contributed by atoms with Crippen molar-refractivity contribution in [3.05, 3.63) is 34.3 Å². The summed E-state index contributed by atoms with van der Waals surface area (Å²) >= 11 is 3.38. The molecule has 1 amide bonds. The molecule has 1 unspecified atom stereocenters. The highest BCUT2D eigenvalue weighted by Crippen LogP contribution is 2.34. The Kier molecular flexibility index (Phi) is 2.46. The maximum absolute atomic E-state index is 11.2. The zero-order valence-electron chi connectivity index (χ0n) is 8.58. The second-order valence-corrected chi connectivity index (χ2v) is 5.04. The molecular formula is C11H12BrNO2. The summed E-state index contributed by atoms with van der Waals surface area (Å²) in [5, 5.41) is 2.80. The molecule has 0 bridgehead atoms. The average molecular weight is 270 g/mol. The largest absolute Gasteiger partial charge is 0.441 e. The molecule has 1 aromatic carbocycles. The van der Waals surface area contributed by atoms with Crippen molar-refractivity contribution in [1.82, 2.24) is 5.32 Å². The number of carbonyl (C=O) groups is 1. The lowest BCUT2D eigenvalue weighted by Crippen LogP contribution is -2.30. The Morgan fingerprint density at radius 2 is 1.93 bits per heavy atom. The van der Waals surface area contributed by atoms with Crippen molar-refractivity contribution in [3.8, 4) is 0 Å². The molecule has 1 aliphatic heterocycles. The van der Waals surface area contributed by atoms with Crippen molar-refractivity contribution in [2.75, 3.05) is 0 Å². The van der Waals surface area contributed by atoms with Crippen LogP contribution < -0.4 is 5.32 Å². The maximum atomic E-state index is 11.2. The lowest BCUT2D eigenvalue weighted by molar-refractivity contribution is 0.0684. The van der Waals surface area contributed by atoms with E-state index in [1.54, 1.807) is 0 Å². The molecule has 80 valence electrons. The molecule has 0 spiro atoms. The van der Waals surface area contributed by atoms with Crippen molar-refractivity contribution in [2.45, 2.75) is 25.5 Å². The quantitative estimate of drug-likeness (QED) is 0.851. The van der Waals surface area contributed by atoms with E-state index in [4.69, 9.17) is 4.74 Å². The van der Waals surface area contributed by atoms with Crippen molar-refractivity contribution < 1.29 is 9.53 Å². The fourth-order valence-electron chi connectivity index (χ4n) is 1.76. The van der Waals surface area contributed by atoms with E-state index in [1.807, 2.05) is 38.1 Å². The van der Waals surface area contributed by atoms with Gasteiger partial charge in [0.25, 0.3) is 0 Å². The number of hydrogen-bond acceptors (Lipinski definition) is 2. The molecule has 1 heterocycles. The zero-order chi connectivity index (χ0) is 11.1. The van der Waals surface area contributed by atoms with Gasteiger partial charge in [-0.1, -0.05) is 28.1 Å². The predicted molar refractivity (Wildman–Crippen MR) is 60.6 cm³/mol. The first-order chi connectivity index (χ1) is 6.99. The lowest BCUT2D eigenvalue weighted by atomic mass is 9.93. The van der Waals surface area contributed by atoms with Gasteiger partial charge in [0, 0.05) is 4.47 Å². The van der Waals surface area contributed by atoms with E-state index in [2.05, 4.69) is 21.2 Å². The van der Waals surface area contributed by atoms with Crippen molar-refractivity contribution in [1.29, 1.82) is 0 Å². The predicted octanol–water partition coefficient (Wildman–Crippen LogP) is 3.01. The number of cyclic esters (lactones) is 1. The highest BCUT2D eigenvalue weighted by atomic mass is 79.9. The third kappa shape index (κ3) is 2.00. The highest BCUT2D eigenvalue weighted by Gasteiger charge is 2.42. The number of ether oxygens (including phenoxy) is 1. The third-order valence-corrected chi connectivity index (χ3v) is 3.05. The molecule has 1 aromatic rings. The van der Waals surface area contributed by atoms with E-state index in [-0.39, 0.29) is 12.1 Å². The average Bonchev–Trinajstić information content (AvgIpc) is 2.41. The molecule has 1 saturated heterocycles. The van der Waals surface area contributed by atoms with E-state index in [0.717, 1.165) is 10.0 Å². The number of carbonyl (C=O) groups excluding carboxylic acids is 1. The Morgan fingerprint density at radius 1 is 1.33 bits per heavy atom. The van der Waals surface area contributed by atoms with Gasteiger partial charge in [-0.2, -0.15) is 0 Å². The topological polar surface area (TPSA) is 38.3 Å². The number of halogens is 1. The minimum Gasteiger partial charge on any atom is -0.441 e. The van der Waals surface area contributed by atoms with Gasteiger partial charge in [-0.25, -0.2) is 4.79 Å². The summed E-state index contributed by atoms with van der Waals surface area (Å²) in [6.45, 7) is 3.80. The van der Waals surface area contributed by atoms with Gasteiger partial charge in [0.2, 0.25) is 0 Å². The Balaban J connectivity index is 2.31. The van der Waals surface area contributed by atoms with E-state index in [9.17, 15) is 4.79 Å². The molecule has 3 nitrogen and oxygen atoms in total. The fourth-order valence-corrected chi connectivity index (χ4v) is 2.02. The number of amides is 1. The van der Waals surface area contributed by atoms with Crippen LogP contribution in [0, 0.1) is 0 Å². The first-order valence-corrected chi connectivity index (χ1v) is 5.53. The van der Waals surface area contributed by atoms with Gasteiger partial charge in [0.15, 0.2) is 0 Å². The molecule has 0 radical (unpaired) electrons. The van der Waals surface area contributed by atoms with Crippen LogP contribution in [0.4, 0.5) is 4.79 Å². The number of benzene rings is 1. The second-order valence-electron chi connectivity index (χ2n) is 4.12. The van der Waals surface area contributed by atoms with Crippen LogP contribution in [0.15, 0.2) is 28.7 Å². The standard InChI is InChI=1S/C11H12BrNO2/c1-11(2)9(13-10(14)15-11)7-3-5-8(12)6-4-7/h3-6,9H,1-2H3,(H,13,14). The summed E-state index contributed by atoms with van der Waals surface area (Å²) in [5.74, 6) is 0. The van der Waals surface area contributed by atoms with E-state index < -0.39 is 5.60 Å². The van der Waals surface area contributed by atoms with E-state index >= 15 is 0 Å². The molecule has 1 atom stereocenters. The summed E-state index contributed by atoms with van der Waals surface area (Å²) < 4.78 is 6.21. The summed E-state index contributed by atoms with van der Waals surface area (Å²) in [6, 6.07) is 7.78. The molecule has 4 heteroatoms. The fraction of sp³-hybridized carbons (Fsp3) is 0.364. The van der Waals surface area contributed by atoms with E-state index in [0.29, 0.717) is 0 Å². The van der Waals surface area contributed by atoms with Crippen LogP contribution in [0.3, 0.4) is 0 Å². The van der Waals surface area contributed by atoms with Gasteiger partial charge in [-0.3, -0.25) is 0 Å². The van der Waals surface area contributed by atoms with Crippen LogP contribution in [-0.2, 0) is 4.74 Å².